The molecule has 2 aromatic rings. The van der Waals surface area contributed by atoms with Crippen LogP contribution < -0.4 is 5.32 Å². The number of sulfonamides is 1. The highest BCUT2D eigenvalue weighted by atomic mass is 32.2. The molecule has 2 aromatic carbocycles. The maximum atomic E-state index is 13.0. The Kier molecular flexibility index (Phi) is 6.53. The van der Waals surface area contributed by atoms with E-state index in [0.29, 0.717) is 25.2 Å². The monoisotopic (exact) mass is 430 g/mol. The van der Waals surface area contributed by atoms with E-state index in [9.17, 15) is 18.0 Å². The van der Waals surface area contributed by atoms with E-state index < -0.39 is 22.0 Å². The third-order valence-corrected chi connectivity index (χ3v) is 6.59. The van der Waals surface area contributed by atoms with Gasteiger partial charge < -0.3 is 14.8 Å². The van der Waals surface area contributed by atoms with Gasteiger partial charge in [-0.05, 0) is 41.8 Å². The van der Waals surface area contributed by atoms with Gasteiger partial charge in [-0.3, -0.25) is 0 Å². The van der Waals surface area contributed by atoms with Crippen LogP contribution in [0.5, 0.6) is 0 Å². The largest absolute Gasteiger partial charge is 0.466 e. The van der Waals surface area contributed by atoms with Gasteiger partial charge in [0.15, 0.2) is 0 Å². The van der Waals surface area contributed by atoms with Crippen molar-refractivity contribution in [1.82, 2.24) is 4.31 Å². The number of nitrogens with one attached hydrogen (secondary N) is 1. The standard InChI is InChI=1S/C21H22N2O6S/c1-28-20(24)13-19(21(25)29-2)22-17-7-9-18(10-8-17)30(26,27)23-12-11-15-5-3-4-6-16(15)14-23/h3-10,13,22H,11-12,14H2,1-2H3/b19-13+. The van der Waals surface area contributed by atoms with Crippen LogP contribution in [0, 0.1) is 0 Å². The van der Waals surface area contributed by atoms with Crippen LogP contribution in [-0.4, -0.2) is 45.4 Å². The highest BCUT2D eigenvalue weighted by Gasteiger charge is 2.28. The van der Waals surface area contributed by atoms with Crippen molar-refractivity contribution in [2.45, 2.75) is 17.9 Å². The lowest BCUT2D eigenvalue weighted by atomic mass is 10.0. The Morgan fingerprint density at radius 1 is 1.00 bits per heavy atom. The molecule has 0 fully saturated rings. The lowest BCUT2D eigenvalue weighted by Gasteiger charge is -2.28. The molecule has 1 aliphatic rings. The number of methoxy groups -OCH3 is 2. The Morgan fingerprint density at radius 3 is 2.30 bits per heavy atom. The molecule has 0 saturated heterocycles. The minimum atomic E-state index is -3.67. The summed E-state index contributed by atoms with van der Waals surface area (Å²) in [7, 11) is -1.30. The summed E-state index contributed by atoms with van der Waals surface area (Å²) in [4.78, 5) is 23.4. The van der Waals surface area contributed by atoms with Crippen molar-refractivity contribution < 1.29 is 27.5 Å². The van der Waals surface area contributed by atoms with Gasteiger partial charge in [0.25, 0.3) is 0 Å². The molecule has 9 heteroatoms. The summed E-state index contributed by atoms with van der Waals surface area (Å²) in [6.45, 7) is 0.737. The lowest BCUT2D eigenvalue weighted by molar-refractivity contribution is -0.138. The molecule has 0 bridgehead atoms. The van der Waals surface area contributed by atoms with Crippen LogP contribution in [0.15, 0.2) is 65.2 Å². The minimum Gasteiger partial charge on any atom is -0.466 e. The van der Waals surface area contributed by atoms with Crippen LogP contribution in [0.2, 0.25) is 0 Å². The summed E-state index contributed by atoms with van der Waals surface area (Å²) in [5, 5.41) is 2.74. The topological polar surface area (TPSA) is 102 Å². The predicted octanol–water partition coefficient (Wildman–Crippen LogP) is 2.08. The average molecular weight is 430 g/mol. The van der Waals surface area contributed by atoms with Gasteiger partial charge in [0.1, 0.15) is 5.70 Å². The third-order valence-electron chi connectivity index (χ3n) is 4.74. The first kappa shape index (κ1) is 21.5. The van der Waals surface area contributed by atoms with Crippen molar-refractivity contribution in [1.29, 1.82) is 0 Å². The summed E-state index contributed by atoms with van der Waals surface area (Å²) < 4.78 is 36.7. The minimum absolute atomic E-state index is 0.132. The Bertz CT molecular complexity index is 1080. The number of ether oxygens (including phenoxy) is 2. The number of fused-ring (bicyclic) bond motifs is 1. The first-order chi connectivity index (χ1) is 14.3. The zero-order chi connectivity index (χ0) is 21.7. The first-order valence-electron chi connectivity index (χ1n) is 9.17. The molecule has 0 spiro atoms. The number of hydrogen-bond donors (Lipinski definition) is 1. The molecule has 8 nitrogen and oxygen atoms in total. The molecule has 0 aliphatic carbocycles. The van der Waals surface area contributed by atoms with E-state index in [4.69, 9.17) is 0 Å². The first-order valence-corrected chi connectivity index (χ1v) is 10.6. The fourth-order valence-corrected chi connectivity index (χ4v) is 4.54. The number of nitrogens with zero attached hydrogens (tertiary/aromatic N) is 1. The van der Waals surface area contributed by atoms with Gasteiger partial charge in [-0.2, -0.15) is 4.31 Å². The van der Waals surface area contributed by atoms with Crippen molar-refractivity contribution in [3.63, 3.8) is 0 Å². The van der Waals surface area contributed by atoms with Gasteiger partial charge in [0, 0.05) is 18.8 Å². The van der Waals surface area contributed by atoms with Crippen molar-refractivity contribution in [2.24, 2.45) is 0 Å². The molecule has 1 aliphatic heterocycles. The van der Waals surface area contributed by atoms with E-state index in [1.54, 1.807) is 0 Å². The molecule has 0 atom stereocenters. The second-order valence-electron chi connectivity index (χ2n) is 6.58. The van der Waals surface area contributed by atoms with Gasteiger partial charge in [-0.15, -0.1) is 0 Å². The number of rotatable bonds is 6. The smallest absolute Gasteiger partial charge is 0.354 e. The zero-order valence-corrected chi connectivity index (χ0v) is 17.4. The molecule has 30 heavy (non-hydrogen) atoms. The summed E-state index contributed by atoms with van der Waals surface area (Å²) in [6.07, 6.45) is 1.62. The highest BCUT2D eigenvalue weighted by Crippen LogP contribution is 2.26. The van der Waals surface area contributed by atoms with E-state index in [1.165, 1.54) is 42.8 Å². The van der Waals surface area contributed by atoms with Gasteiger partial charge >= 0.3 is 11.9 Å². The van der Waals surface area contributed by atoms with Crippen LogP contribution in [0.1, 0.15) is 11.1 Å². The van der Waals surface area contributed by atoms with Crippen LogP contribution in [-0.2, 0) is 42.1 Å². The van der Waals surface area contributed by atoms with Gasteiger partial charge in [0.05, 0.1) is 25.2 Å². The second-order valence-corrected chi connectivity index (χ2v) is 8.52. The quantitative estimate of drug-likeness (QED) is 0.553. The average Bonchev–Trinajstić information content (AvgIpc) is 2.77. The molecular formula is C21H22N2O6S. The Hall–Kier alpha value is -3.17. The van der Waals surface area contributed by atoms with Crippen molar-refractivity contribution in [3.8, 4) is 0 Å². The third kappa shape index (κ3) is 4.69. The van der Waals surface area contributed by atoms with E-state index in [0.717, 1.165) is 17.2 Å². The normalized spacial score (nSPS) is 14.5. The van der Waals surface area contributed by atoms with Crippen LogP contribution in [0.25, 0.3) is 0 Å². The predicted molar refractivity (Wildman–Crippen MR) is 110 cm³/mol. The van der Waals surface area contributed by atoms with Gasteiger partial charge in [0.2, 0.25) is 10.0 Å². The summed E-state index contributed by atoms with van der Waals surface area (Å²) in [6, 6.07) is 13.7. The number of carbonyl (C=O) groups is 2. The molecule has 158 valence electrons. The number of esters is 2. The zero-order valence-electron chi connectivity index (χ0n) is 16.6. The molecule has 0 unspecified atom stereocenters. The molecular weight excluding hydrogens is 408 g/mol. The van der Waals surface area contributed by atoms with Crippen LogP contribution in [0.4, 0.5) is 5.69 Å². The fourth-order valence-electron chi connectivity index (χ4n) is 3.12. The fraction of sp³-hybridized carbons (Fsp3) is 0.238. The molecule has 1 heterocycles. The molecule has 0 radical (unpaired) electrons. The Morgan fingerprint density at radius 2 is 1.67 bits per heavy atom. The van der Waals surface area contributed by atoms with Gasteiger partial charge in [-0.25, -0.2) is 18.0 Å². The molecule has 3 rings (SSSR count). The molecule has 0 saturated carbocycles. The maximum Gasteiger partial charge on any atom is 0.354 e. The van der Waals surface area contributed by atoms with Crippen LogP contribution in [0.3, 0.4) is 0 Å². The van der Waals surface area contributed by atoms with Gasteiger partial charge in [-0.1, -0.05) is 24.3 Å². The van der Waals surface area contributed by atoms with Crippen molar-refractivity contribution in [2.75, 3.05) is 26.1 Å². The number of benzene rings is 2. The van der Waals surface area contributed by atoms with Crippen molar-refractivity contribution >= 4 is 27.6 Å². The van der Waals surface area contributed by atoms with E-state index in [1.807, 2.05) is 24.3 Å². The Labute approximate surface area is 175 Å². The number of carbonyl (C=O) groups excluding carboxylic acids is 2. The highest BCUT2D eigenvalue weighted by molar-refractivity contribution is 7.89. The second kappa shape index (κ2) is 9.10. The molecule has 1 N–H and O–H groups in total. The number of anilines is 1. The van der Waals surface area contributed by atoms with Crippen molar-refractivity contribution in [3.05, 3.63) is 71.4 Å². The van der Waals surface area contributed by atoms with E-state index in [-0.39, 0.29) is 10.6 Å². The van der Waals surface area contributed by atoms with E-state index in [2.05, 4.69) is 14.8 Å². The number of hydrogen-bond acceptors (Lipinski definition) is 7. The lowest BCUT2D eigenvalue weighted by Crippen LogP contribution is -2.35. The summed E-state index contributed by atoms with van der Waals surface area (Å²) in [5.41, 5.74) is 2.45. The summed E-state index contributed by atoms with van der Waals surface area (Å²) >= 11 is 0. The molecule has 0 amide bonds. The molecule has 0 aromatic heterocycles. The Balaban J connectivity index is 1.78. The SMILES string of the molecule is COC(=O)/C=C(/Nc1ccc(S(=O)(=O)N2CCc3ccccc3C2)cc1)C(=O)OC. The maximum absolute atomic E-state index is 13.0. The van der Waals surface area contributed by atoms with E-state index >= 15 is 0 Å². The van der Waals surface area contributed by atoms with Crippen LogP contribution >= 0.6 is 0 Å². The summed E-state index contributed by atoms with van der Waals surface area (Å²) in [5.74, 6) is -1.49.